The molecule has 0 aliphatic rings. The second kappa shape index (κ2) is 4.78. The SMILES string of the molecule is Cc1cc([N+](N)(N)c2ccccc2)c(C)c(C)c1C. The number of hydrogen-bond acceptors (Lipinski definition) is 2. The number of para-hydroxylation sites is 1. The summed E-state index contributed by atoms with van der Waals surface area (Å²) in [6.07, 6.45) is 0. The molecular formula is C16H22N3+. The molecule has 0 unspecified atom stereocenters. The molecule has 0 saturated carbocycles. The Bertz CT molecular complexity index is 601. The van der Waals surface area contributed by atoms with Gasteiger partial charge in [0.1, 0.15) is 0 Å². The molecule has 0 bridgehead atoms. The number of benzene rings is 2. The first-order valence-electron chi connectivity index (χ1n) is 6.45. The van der Waals surface area contributed by atoms with Crippen LogP contribution in [0.25, 0.3) is 0 Å². The molecule has 0 aromatic heterocycles. The van der Waals surface area contributed by atoms with Crippen LogP contribution in [0.4, 0.5) is 11.4 Å². The van der Waals surface area contributed by atoms with Crippen LogP contribution in [0.3, 0.4) is 0 Å². The van der Waals surface area contributed by atoms with Gasteiger partial charge in [-0.05, 0) is 44.4 Å². The van der Waals surface area contributed by atoms with Crippen LogP contribution in [-0.2, 0) is 0 Å². The van der Waals surface area contributed by atoms with Crippen molar-refractivity contribution in [1.29, 1.82) is 0 Å². The standard InChI is InChI=1S/C16H22N3/c1-11-10-16(14(4)13(3)12(11)2)19(17,18)15-8-6-5-7-9-15/h5-10H,17-18H2,1-4H3/q+1. The molecule has 0 radical (unpaired) electrons. The summed E-state index contributed by atoms with van der Waals surface area (Å²) >= 11 is 0. The van der Waals surface area contributed by atoms with Gasteiger partial charge in [-0.2, -0.15) is 11.7 Å². The van der Waals surface area contributed by atoms with Gasteiger partial charge in [0.25, 0.3) is 0 Å². The van der Waals surface area contributed by atoms with Crippen LogP contribution in [0, 0.1) is 27.7 Å². The average molecular weight is 256 g/mol. The van der Waals surface area contributed by atoms with Crippen LogP contribution in [0.2, 0.25) is 0 Å². The van der Waals surface area contributed by atoms with Gasteiger partial charge in [-0.15, -0.1) is 4.70 Å². The van der Waals surface area contributed by atoms with Gasteiger partial charge in [0, 0.05) is 23.8 Å². The van der Waals surface area contributed by atoms with E-state index in [1.807, 2.05) is 30.3 Å². The van der Waals surface area contributed by atoms with E-state index in [0.29, 0.717) is 0 Å². The molecule has 2 aromatic rings. The smallest absolute Gasteiger partial charge is 0.151 e. The predicted octanol–water partition coefficient (Wildman–Crippen LogP) is 3.31. The Hall–Kier alpha value is -1.68. The highest BCUT2D eigenvalue weighted by Crippen LogP contribution is 2.33. The molecule has 19 heavy (non-hydrogen) atoms. The minimum atomic E-state index is -0.214. The topological polar surface area (TPSA) is 52.0 Å². The molecule has 3 heteroatoms. The average Bonchev–Trinajstić information content (AvgIpc) is 2.41. The van der Waals surface area contributed by atoms with E-state index in [-0.39, 0.29) is 4.70 Å². The fourth-order valence-electron chi connectivity index (χ4n) is 2.39. The molecule has 0 aliphatic heterocycles. The molecule has 3 nitrogen and oxygen atoms in total. The number of nitrogens with two attached hydrogens (primary N) is 2. The second-order valence-electron chi connectivity index (χ2n) is 5.20. The third-order valence-corrected chi connectivity index (χ3v) is 4.04. The quantitative estimate of drug-likeness (QED) is 0.492. The van der Waals surface area contributed by atoms with E-state index in [1.54, 1.807) is 0 Å². The fourth-order valence-corrected chi connectivity index (χ4v) is 2.39. The third kappa shape index (κ3) is 2.28. The van der Waals surface area contributed by atoms with E-state index in [9.17, 15) is 0 Å². The van der Waals surface area contributed by atoms with Gasteiger partial charge >= 0.3 is 0 Å². The minimum absolute atomic E-state index is 0.214. The van der Waals surface area contributed by atoms with Crippen molar-refractivity contribution in [1.82, 2.24) is 4.70 Å². The Morgan fingerprint density at radius 3 is 1.95 bits per heavy atom. The normalized spacial score (nSPS) is 11.7. The first kappa shape index (κ1) is 13.7. The second-order valence-corrected chi connectivity index (χ2v) is 5.20. The zero-order valence-corrected chi connectivity index (χ0v) is 12.1. The largest absolute Gasteiger partial charge is 0.180 e. The van der Waals surface area contributed by atoms with Crippen molar-refractivity contribution < 1.29 is 0 Å². The molecular weight excluding hydrogens is 234 g/mol. The number of hydrogen-bond donors (Lipinski definition) is 2. The lowest BCUT2D eigenvalue weighted by Gasteiger charge is -2.28. The highest BCUT2D eigenvalue weighted by Gasteiger charge is 2.29. The lowest BCUT2D eigenvalue weighted by Crippen LogP contribution is -2.58. The Morgan fingerprint density at radius 2 is 1.37 bits per heavy atom. The molecule has 2 rings (SSSR count). The summed E-state index contributed by atoms with van der Waals surface area (Å²) in [4.78, 5) is 0. The van der Waals surface area contributed by atoms with Gasteiger partial charge in [-0.25, -0.2) is 0 Å². The van der Waals surface area contributed by atoms with Crippen molar-refractivity contribution in [3.8, 4) is 0 Å². The summed E-state index contributed by atoms with van der Waals surface area (Å²) in [6, 6.07) is 11.8. The predicted molar refractivity (Wildman–Crippen MR) is 81.7 cm³/mol. The van der Waals surface area contributed by atoms with Crippen molar-refractivity contribution in [2.45, 2.75) is 27.7 Å². The van der Waals surface area contributed by atoms with E-state index in [4.69, 9.17) is 11.7 Å². The molecule has 100 valence electrons. The van der Waals surface area contributed by atoms with E-state index >= 15 is 0 Å². The lowest BCUT2D eigenvalue weighted by atomic mass is 9.97. The van der Waals surface area contributed by atoms with Gasteiger partial charge < -0.3 is 0 Å². The molecule has 0 spiro atoms. The molecule has 0 aliphatic carbocycles. The van der Waals surface area contributed by atoms with Crippen LogP contribution in [-0.4, -0.2) is 0 Å². The number of aryl methyl sites for hydroxylation is 1. The zero-order chi connectivity index (χ0) is 14.2. The fraction of sp³-hybridized carbons (Fsp3) is 0.250. The Balaban J connectivity index is 2.65. The summed E-state index contributed by atoms with van der Waals surface area (Å²) in [6.45, 7) is 8.42. The number of quaternary nitrogens is 1. The molecule has 0 saturated heterocycles. The van der Waals surface area contributed by atoms with E-state index < -0.39 is 0 Å². The lowest BCUT2D eigenvalue weighted by molar-refractivity contribution is 0.414. The van der Waals surface area contributed by atoms with Crippen molar-refractivity contribution >= 4 is 11.4 Å². The maximum atomic E-state index is 6.36. The van der Waals surface area contributed by atoms with Crippen LogP contribution in [0.5, 0.6) is 0 Å². The Morgan fingerprint density at radius 1 is 0.789 bits per heavy atom. The highest BCUT2D eigenvalue weighted by atomic mass is 15.8. The summed E-state index contributed by atoms with van der Waals surface area (Å²) in [7, 11) is 0. The number of nitrogens with zero attached hydrogens (tertiary/aromatic N) is 1. The van der Waals surface area contributed by atoms with Gasteiger partial charge in [0.05, 0.1) is 0 Å². The van der Waals surface area contributed by atoms with E-state index in [2.05, 4.69) is 33.8 Å². The molecule has 4 N–H and O–H groups in total. The first-order valence-corrected chi connectivity index (χ1v) is 6.45. The summed E-state index contributed by atoms with van der Waals surface area (Å²) in [5.41, 5.74) is 6.73. The van der Waals surface area contributed by atoms with Crippen molar-refractivity contribution in [3.63, 3.8) is 0 Å². The number of rotatable bonds is 2. The molecule has 0 heterocycles. The van der Waals surface area contributed by atoms with E-state index in [0.717, 1.165) is 16.9 Å². The maximum absolute atomic E-state index is 6.36. The zero-order valence-electron chi connectivity index (χ0n) is 12.1. The van der Waals surface area contributed by atoms with E-state index in [1.165, 1.54) is 16.7 Å². The molecule has 0 atom stereocenters. The van der Waals surface area contributed by atoms with Crippen LogP contribution in [0.15, 0.2) is 36.4 Å². The molecule has 0 fully saturated rings. The summed E-state index contributed by atoms with van der Waals surface area (Å²) < 4.78 is -0.214. The highest BCUT2D eigenvalue weighted by molar-refractivity contribution is 5.63. The van der Waals surface area contributed by atoms with Crippen LogP contribution in [0.1, 0.15) is 22.3 Å². The third-order valence-electron chi connectivity index (χ3n) is 4.04. The Kier molecular flexibility index (Phi) is 3.45. The molecule has 2 aromatic carbocycles. The first-order chi connectivity index (χ1) is 8.85. The monoisotopic (exact) mass is 256 g/mol. The van der Waals surface area contributed by atoms with Crippen LogP contribution < -0.4 is 16.4 Å². The summed E-state index contributed by atoms with van der Waals surface area (Å²) in [5, 5.41) is 0. The van der Waals surface area contributed by atoms with Crippen molar-refractivity contribution in [2.24, 2.45) is 11.7 Å². The van der Waals surface area contributed by atoms with Crippen molar-refractivity contribution in [3.05, 3.63) is 58.7 Å². The summed E-state index contributed by atoms with van der Waals surface area (Å²) in [5.74, 6) is 12.7. The van der Waals surface area contributed by atoms with Gasteiger partial charge in [-0.1, -0.05) is 18.2 Å². The molecule has 0 amide bonds. The van der Waals surface area contributed by atoms with Crippen LogP contribution >= 0.6 is 0 Å². The van der Waals surface area contributed by atoms with Gasteiger partial charge in [-0.3, -0.25) is 0 Å². The van der Waals surface area contributed by atoms with Gasteiger partial charge in [0.2, 0.25) is 0 Å². The van der Waals surface area contributed by atoms with Gasteiger partial charge in [0.15, 0.2) is 11.4 Å². The Labute approximate surface area is 115 Å². The maximum Gasteiger partial charge on any atom is 0.180 e. The van der Waals surface area contributed by atoms with Crippen molar-refractivity contribution in [2.75, 3.05) is 0 Å². The minimum Gasteiger partial charge on any atom is -0.151 e.